The third-order valence-corrected chi connectivity index (χ3v) is 4.48. The Labute approximate surface area is 140 Å². The molecule has 1 unspecified atom stereocenters. The van der Waals surface area contributed by atoms with Gasteiger partial charge in [-0.3, -0.25) is 9.59 Å². The highest BCUT2D eigenvalue weighted by Crippen LogP contribution is 2.29. The lowest BCUT2D eigenvalue weighted by Crippen LogP contribution is -2.40. The molecular formula is C16H24N2O4S. The van der Waals surface area contributed by atoms with E-state index < -0.39 is 17.9 Å². The maximum atomic E-state index is 12.4. The van der Waals surface area contributed by atoms with Gasteiger partial charge in [0.25, 0.3) is 5.91 Å². The zero-order valence-electron chi connectivity index (χ0n) is 13.8. The third kappa shape index (κ3) is 5.67. The van der Waals surface area contributed by atoms with Crippen LogP contribution in [0.3, 0.4) is 0 Å². The molecule has 0 spiro atoms. The number of aliphatic carboxylic acids is 1. The van der Waals surface area contributed by atoms with Gasteiger partial charge in [0.05, 0.1) is 5.56 Å². The summed E-state index contributed by atoms with van der Waals surface area (Å²) in [5.41, 5.74) is 0.332. The maximum Gasteiger partial charge on any atom is 0.326 e. The van der Waals surface area contributed by atoms with E-state index in [1.54, 1.807) is 6.07 Å². The molecule has 0 aromatic carbocycles. The van der Waals surface area contributed by atoms with Gasteiger partial charge in [-0.2, -0.15) is 0 Å². The summed E-state index contributed by atoms with van der Waals surface area (Å²) >= 11 is 1.35. The van der Waals surface area contributed by atoms with E-state index in [4.69, 9.17) is 5.11 Å². The Morgan fingerprint density at radius 2 is 1.91 bits per heavy atom. The normalized spacial score (nSPS) is 11.8. The first-order chi connectivity index (χ1) is 10.9. The van der Waals surface area contributed by atoms with E-state index in [9.17, 15) is 14.4 Å². The van der Waals surface area contributed by atoms with E-state index >= 15 is 0 Å². The van der Waals surface area contributed by atoms with Crippen LogP contribution < -0.4 is 10.6 Å². The molecule has 0 fully saturated rings. The van der Waals surface area contributed by atoms with Crippen molar-refractivity contribution in [3.8, 4) is 0 Å². The van der Waals surface area contributed by atoms with Crippen molar-refractivity contribution in [3.63, 3.8) is 0 Å². The summed E-state index contributed by atoms with van der Waals surface area (Å²) in [6.07, 6.45) is 2.86. The predicted octanol–water partition coefficient (Wildman–Crippen LogP) is 3.03. The number of thiophene rings is 1. The zero-order valence-corrected chi connectivity index (χ0v) is 14.6. The maximum absolute atomic E-state index is 12.4. The Kier molecular flexibility index (Phi) is 7.74. The first-order valence-corrected chi connectivity index (χ1v) is 8.70. The number of carboxylic acid groups (broad SMARTS) is 1. The summed E-state index contributed by atoms with van der Waals surface area (Å²) in [5.74, 6) is -1.66. The molecule has 0 aliphatic heterocycles. The van der Waals surface area contributed by atoms with Gasteiger partial charge in [-0.1, -0.05) is 27.2 Å². The fourth-order valence-electron chi connectivity index (χ4n) is 2.08. The summed E-state index contributed by atoms with van der Waals surface area (Å²) in [6, 6.07) is 0.795. The van der Waals surface area contributed by atoms with Crippen molar-refractivity contribution in [3.05, 3.63) is 16.5 Å². The van der Waals surface area contributed by atoms with Crippen molar-refractivity contribution in [2.24, 2.45) is 0 Å². The lowest BCUT2D eigenvalue weighted by atomic mass is 10.1. The molecule has 0 radical (unpaired) electrons. The minimum absolute atomic E-state index is 0.144. The van der Waals surface area contributed by atoms with Crippen LogP contribution in [0.4, 0.5) is 5.00 Å². The summed E-state index contributed by atoms with van der Waals surface area (Å²) in [4.78, 5) is 36.3. The summed E-state index contributed by atoms with van der Waals surface area (Å²) in [6.45, 7) is 5.72. The van der Waals surface area contributed by atoms with E-state index in [1.807, 2.05) is 20.8 Å². The second kappa shape index (κ2) is 9.29. The Balaban J connectivity index is 2.95. The third-order valence-electron chi connectivity index (χ3n) is 3.29. The minimum atomic E-state index is -1.05. The summed E-state index contributed by atoms with van der Waals surface area (Å²) in [5, 5.41) is 14.9. The van der Waals surface area contributed by atoms with Gasteiger partial charge in [-0.05, 0) is 25.3 Å². The minimum Gasteiger partial charge on any atom is -0.480 e. The van der Waals surface area contributed by atoms with Crippen molar-refractivity contribution in [1.29, 1.82) is 0 Å². The number of carboxylic acids is 1. The SMILES string of the molecule is CCCC(=O)Nc1sc(CC)cc1C(=O)NC(CCC)C(=O)O. The number of hydrogen-bond acceptors (Lipinski definition) is 4. The van der Waals surface area contributed by atoms with Gasteiger partial charge in [-0.15, -0.1) is 11.3 Å². The number of carbonyl (C=O) groups excluding carboxylic acids is 2. The lowest BCUT2D eigenvalue weighted by molar-refractivity contribution is -0.139. The van der Waals surface area contributed by atoms with E-state index in [-0.39, 0.29) is 5.91 Å². The van der Waals surface area contributed by atoms with Crippen molar-refractivity contribution in [2.45, 2.75) is 58.9 Å². The zero-order chi connectivity index (χ0) is 17.4. The number of aryl methyl sites for hydroxylation is 1. The molecule has 0 aliphatic carbocycles. The lowest BCUT2D eigenvalue weighted by Gasteiger charge is -2.13. The average Bonchev–Trinajstić information content (AvgIpc) is 2.89. The standard InChI is InChI=1S/C16H24N2O4S/c1-4-7-12(16(21)22)17-14(20)11-9-10(6-3)23-15(11)18-13(19)8-5-2/h9,12H,4-8H2,1-3H3,(H,17,20)(H,18,19)(H,21,22). The van der Waals surface area contributed by atoms with E-state index in [0.717, 1.165) is 17.7 Å². The van der Waals surface area contributed by atoms with Gasteiger partial charge in [0.1, 0.15) is 11.0 Å². The van der Waals surface area contributed by atoms with Gasteiger partial charge >= 0.3 is 5.97 Å². The van der Waals surface area contributed by atoms with Crippen LogP contribution in [0.2, 0.25) is 0 Å². The molecule has 7 heteroatoms. The van der Waals surface area contributed by atoms with Crippen molar-refractivity contribution >= 4 is 34.1 Å². The van der Waals surface area contributed by atoms with E-state index in [1.165, 1.54) is 11.3 Å². The summed E-state index contributed by atoms with van der Waals surface area (Å²) in [7, 11) is 0. The number of amides is 2. The fourth-order valence-corrected chi connectivity index (χ4v) is 3.09. The fraction of sp³-hybridized carbons (Fsp3) is 0.562. The molecule has 128 valence electrons. The first-order valence-electron chi connectivity index (χ1n) is 7.89. The second-order valence-corrected chi connectivity index (χ2v) is 6.40. The van der Waals surface area contributed by atoms with Crippen molar-refractivity contribution < 1.29 is 19.5 Å². The molecule has 3 N–H and O–H groups in total. The molecular weight excluding hydrogens is 316 g/mol. The molecule has 0 saturated heterocycles. The molecule has 1 heterocycles. The molecule has 2 amide bonds. The topological polar surface area (TPSA) is 95.5 Å². The summed E-state index contributed by atoms with van der Waals surface area (Å²) < 4.78 is 0. The first kappa shape index (κ1) is 19.2. The molecule has 0 aliphatic rings. The van der Waals surface area contributed by atoms with Crippen LogP contribution in [0.1, 0.15) is 61.7 Å². The van der Waals surface area contributed by atoms with Gasteiger partial charge in [0.2, 0.25) is 5.91 Å². The van der Waals surface area contributed by atoms with Crippen molar-refractivity contribution in [2.75, 3.05) is 5.32 Å². The number of nitrogens with one attached hydrogen (secondary N) is 2. The smallest absolute Gasteiger partial charge is 0.326 e. The van der Waals surface area contributed by atoms with Crippen LogP contribution in [0.15, 0.2) is 6.07 Å². The number of anilines is 1. The highest BCUT2D eigenvalue weighted by molar-refractivity contribution is 7.16. The highest BCUT2D eigenvalue weighted by atomic mass is 32.1. The van der Waals surface area contributed by atoms with E-state index in [2.05, 4.69) is 10.6 Å². The van der Waals surface area contributed by atoms with Gasteiger partial charge in [0, 0.05) is 11.3 Å². The van der Waals surface area contributed by atoms with Crippen LogP contribution >= 0.6 is 11.3 Å². The largest absolute Gasteiger partial charge is 0.480 e. The van der Waals surface area contributed by atoms with Crippen LogP contribution in [-0.2, 0) is 16.0 Å². The number of hydrogen-bond donors (Lipinski definition) is 3. The average molecular weight is 340 g/mol. The number of rotatable bonds is 9. The molecule has 6 nitrogen and oxygen atoms in total. The molecule has 0 saturated carbocycles. The quantitative estimate of drug-likeness (QED) is 0.644. The molecule has 1 atom stereocenters. The van der Waals surface area contributed by atoms with Crippen LogP contribution in [0.5, 0.6) is 0 Å². The van der Waals surface area contributed by atoms with Crippen LogP contribution in [0.25, 0.3) is 0 Å². The van der Waals surface area contributed by atoms with Crippen LogP contribution in [0, 0.1) is 0 Å². The second-order valence-electron chi connectivity index (χ2n) is 5.26. The Morgan fingerprint density at radius 1 is 1.22 bits per heavy atom. The Bertz CT molecular complexity index is 568. The number of carbonyl (C=O) groups is 3. The predicted molar refractivity (Wildman–Crippen MR) is 91.0 cm³/mol. The monoisotopic (exact) mass is 340 g/mol. The highest BCUT2D eigenvalue weighted by Gasteiger charge is 2.23. The van der Waals surface area contributed by atoms with Gasteiger partial charge < -0.3 is 15.7 Å². The van der Waals surface area contributed by atoms with Gasteiger partial charge in [-0.25, -0.2) is 4.79 Å². The molecule has 0 bridgehead atoms. The molecule has 1 aromatic heterocycles. The van der Waals surface area contributed by atoms with Crippen LogP contribution in [-0.4, -0.2) is 28.9 Å². The Hall–Kier alpha value is -1.89. The molecule has 23 heavy (non-hydrogen) atoms. The Morgan fingerprint density at radius 3 is 2.43 bits per heavy atom. The van der Waals surface area contributed by atoms with Gasteiger partial charge in [0.15, 0.2) is 0 Å². The van der Waals surface area contributed by atoms with E-state index in [0.29, 0.717) is 29.8 Å². The molecule has 1 rings (SSSR count). The van der Waals surface area contributed by atoms with Crippen molar-refractivity contribution in [1.82, 2.24) is 5.32 Å². The molecule has 1 aromatic rings.